The summed E-state index contributed by atoms with van der Waals surface area (Å²) in [5.74, 6) is 0. The molecule has 1 aliphatic rings. The van der Waals surface area contributed by atoms with Gasteiger partial charge in [0, 0.05) is 5.25 Å². The molecular formula is C6H12OS. The van der Waals surface area contributed by atoms with Crippen LogP contribution in [0.5, 0.6) is 0 Å². The highest BCUT2D eigenvalue weighted by atomic mass is 32.1. The highest BCUT2D eigenvalue weighted by Crippen LogP contribution is 2.27. The second-order valence-electron chi connectivity index (χ2n) is 2.93. The molecule has 0 unspecified atom stereocenters. The molecule has 1 heterocycles. The Kier molecular flexibility index (Phi) is 1.54. The van der Waals surface area contributed by atoms with Crippen molar-refractivity contribution in [3.05, 3.63) is 0 Å². The van der Waals surface area contributed by atoms with Crippen molar-refractivity contribution in [3.8, 4) is 0 Å². The van der Waals surface area contributed by atoms with Crippen molar-refractivity contribution in [1.82, 2.24) is 0 Å². The molecule has 0 aromatic carbocycles. The Bertz CT molecular complexity index is 90.5. The monoisotopic (exact) mass is 132 g/mol. The van der Waals surface area contributed by atoms with Gasteiger partial charge < -0.3 is 4.74 Å². The van der Waals surface area contributed by atoms with Crippen LogP contribution in [0.2, 0.25) is 0 Å². The van der Waals surface area contributed by atoms with Crippen LogP contribution in [0.15, 0.2) is 0 Å². The lowest BCUT2D eigenvalue weighted by molar-refractivity contribution is 0.0368. The Morgan fingerprint density at radius 2 is 2.25 bits per heavy atom. The molecule has 1 aliphatic heterocycles. The Hall–Kier alpha value is 0.310. The van der Waals surface area contributed by atoms with Gasteiger partial charge in [-0.15, -0.1) is 0 Å². The minimum absolute atomic E-state index is 0.0897. The zero-order valence-corrected chi connectivity index (χ0v) is 6.24. The maximum atomic E-state index is 5.38. The van der Waals surface area contributed by atoms with Gasteiger partial charge in [0.25, 0.3) is 0 Å². The fourth-order valence-electron chi connectivity index (χ4n) is 1.01. The summed E-state index contributed by atoms with van der Waals surface area (Å²) in [5.41, 5.74) is 0.0897. The third kappa shape index (κ3) is 1.39. The molecule has 0 aromatic rings. The maximum absolute atomic E-state index is 5.38. The summed E-state index contributed by atoms with van der Waals surface area (Å²) in [6.45, 7) is 5.02. The van der Waals surface area contributed by atoms with Crippen LogP contribution in [-0.4, -0.2) is 17.5 Å². The molecule has 2 heteroatoms. The van der Waals surface area contributed by atoms with Crippen molar-refractivity contribution in [2.45, 2.75) is 31.1 Å². The summed E-state index contributed by atoms with van der Waals surface area (Å²) in [6, 6.07) is 0. The van der Waals surface area contributed by atoms with Gasteiger partial charge >= 0.3 is 0 Å². The number of ether oxygens (including phenoxy) is 1. The quantitative estimate of drug-likeness (QED) is 0.491. The molecule has 0 saturated carbocycles. The van der Waals surface area contributed by atoms with Crippen LogP contribution in [0.3, 0.4) is 0 Å². The summed E-state index contributed by atoms with van der Waals surface area (Å²) in [7, 11) is 0. The SMILES string of the molecule is CC1(C)C[C@H](S)CO1. The topological polar surface area (TPSA) is 9.23 Å². The molecule has 0 bridgehead atoms. The van der Waals surface area contributed by atoms with Gasteiger partial charge in [-0.3, -0.25) is 0 Å². The molecule has 0 radical (unpaired) electrons. The maximum Gasteiger partial charge on any atom is 0.0638 e. The van der Waals surface area contributed by atoms with Gasteiger partial charge in [0.15, 0.2) is 0 Å². The first-order valence-electron chi connectivity index (χ1n) is 2.92. The van der Waals surface area contributed by atoms with E-state index in [0.717, 1.165) is 13.0 Å². The van der Waals surface area contributed by atoms with Crippen molar-refractivity contribution in [3.63, 3.8) is 0 Å². The zero-order valence-electron chi connectivity index (χ0n) is 5.35. The summed E-state index contributed by atoms with van der Waals surface area (Å²) in [5, 5.41) is 0.463. The summed E-state index contributed by atoms with van der Waals surface area (Å²) < 4.78 is 5.38. The van der Waals surface area contributed by atoms with Gasteiger partial charge in [-0.1, -0.05) is 0 Å². The second-order valence-corrected chi connectivity index (χ2v) is 3.66. The lowest BCUT2D eigenvalue weighted by Gasteiger charge is -2.14. The Balaban J connectivity index is 2.44. The van der Waals surface area contributed by atoms with Crippen molar-refractivity contribution >= 4 is 12.6 Å². The first-order valence-corrected chi connectivity index (χ1v) is 3.44. The van der Waals surface area contributed by atoms with E-state index < -0.39 is 0 Å². The van der Waals surface area contributed by atoms with Gasteiger partial charge in [0.1, 0.15) is 0 Å². The van der Waals surface area contributed by atoms with Gasteiger partial charge in [-0.25, -0.2) is 0 Å². The minimum Gasteiger partial charge on any atom is -0.374 e. The predicted molar refractivity (Wildman–Crippen MR) is 37.4 cm³/mol. The molecule has 0 aromatic heterocycles. The molecular weight excluding hydrogens is 120 g/mol. The van der Waals surface area contributed by atoms with Crippen LogP contribution in [-0.2, 0) is 4.74 Å². The third-order valence-electron chi connectivity index (χ3n) is 1.39. The lowest BCUT2D eigenvalue weighted by atomic mass is 10.1. The largest absolute Gasteiger partial charge is 0.374 e. The van der Waals surface area contributed by atoms with E-state index in [-0.39, 0.29) is 5.60 Å². The number of rotatable bonds is 0. The normalized spacial score (nSPS) is 35.6. The molecule has 1 fully saturated rings. The van der Waals surface area contributed by atoms with Crippen LogP contribution in [0.25, 0.3) is 0 Å². The van der Waals surface area contributed by atoms with Crippen LogP contribution < -0.4 is 0 Å². The fraction of sp³-hybridized carbons (Fsp3) is 1.00. The molecule has 0 aliphatic carbocycles. The Morgan fingerprint density at radius 3 is 2.38 bits per heavy atom. The molecule has 48 valence electrons. The average Bonchev–Trinajstić information content (AvgIpc) is 1.82. The third-order valence-corrected chi connectivity index (χ3v) is 1.73. The molecule has 1 nitrogen and oxygen atoms in total. The standard InChI is InChI=1S/C6H12OS/c1-6(2)3-5(8)4-7-6/h5,8H,3-4H2,1-2H3/t5-/m0/s1. The molecule has 0 spiro atoms. The molecule has 0 N–H and O–H groups in total. The van der Waals surface area contributed by atoms with Crippen molar-refractivity contribution in [1.29, 1.82) is 0 Å². The van der Waals surface area contributed by atoms with Crippen molar-refractivity contribution in [2.24, 2.45) is 0 Å². The van der Waals surface area contributed by atoms with Crippen LogP contribution >= 0.6 is 12.6 Å². The van der Waals surface area contributed by atoms with E-state index in [1.54, 1.807) is 0 Å². The average molecular weight is 132 g/mol. The molecule has 1 rings (SSSR count). The van der Waals surface area contributed by atoms with Gasteiger partial charge in [-0.05, 0) is 20.3 Å². The van der Waals surface area contributed by atoms with E-state index in [0.29, 0.717) is 5.25 Å². The van der Waals surface area contributed by atoms with E-state index >= 15 is 0 Å². The van der Waals surface area contributed by atoms with Crippen LogP contribution in [0.1, 0.15) is 20.3 Å². The first-order chi connectivity index (χ1) is 3.60. The summed E-state index contributed by atoms with van der Waals surface area (Å²) in [6.07, 6.45) is 1.08. The highest BCUT2D eigenvalue weighted by molar-refractivity contribution is 7.81. The Labute approximate surface area is 55.8 Å². The fourth-order valence-corrected chi connectivity index (χ4v) is 1.52. The van der Waals surface area contributed by atoms with Crippen LogP contribution in [0, 0.1) is 0 Å². The van der Waals surface area contributed by atoms with Crippen molar-refractivity contribution < 1.29 is 4.74 Å². The first kappa shape index (κ1) is 6.43. The Morgan fingerprint density at radius 1 is 1.62 bits per heavy atom. The zero-order chi connectivity index (χ0) is 6.20. The summed E-state index contributed by atoms with van der Waals surface area (Å²) in [4.78, 5) is 0. The van der Waals surface area contributed by atoms with Gasteiger partial charge in [0.2, 0.25) is 0 Å². The van der Waals surface area contributed by atoms with Gasteiger partial charge in [-0.2, -0.15) is 12.6 Å². The molecule has 0 amide bonds. The van der Waals surface area contributed by atoms with E-state index in [9.17, 15) is 0 Å². The van der Waals surface area contributed by atoms with E-state index in [1.807, 2.05) is 0 Å². The number of hydrogen-bond acceptors (Lipinski definition) is 2. The second kappa shape index (κ2) is 1.92. The smallest absolute Gasteiger partial charge is 0.0638 e. The van der Waals surface area contributed by atoms with Crippen LogP contribution in [0.4, 0.5) is 0 Å². The number of hydrogen-bond donors (Lipinski definition) is 1. The molecule has 8 heavy (non-hydrogen) atoms. The molecule has 1 saturated heterocycles. The van der Waals surface area contributed by atoms with Crippen molar-refractivity contribution in [2.75, 3.05) is 6.61 Å². The predicted octanol–water partition coefficient (Wildman–Crippen LogP) is 1.48. The minimum atomic E-state index is 0.0897. The molecule has 1 atom stereocenters. The van der Waals surface area contributed by atoms with Gasteiger partial charge in [0.05, 0.1) is 12.2 Å². The lowest BCUT2D eigenvalue weighted by Crippen LogP contribution is -2.16. The van der Waals surface area contributed by atoms with E-state index in [4.69, 9.17) is 4.74 Å². The van der Waals surface area contributed by atoms with E-state index in [1.165, 1.54) is 0 Å². The number of thiol groups is 1. The van der Waals surface area contributed by atoms with E-state index in [2.05, 4.69) is 26.5 Å². The highest BCUT2D eigenvalue weighted by Gasteiger charge is 2.29. The summed E-state index contributed by atoms with van der Waals surface area (Å²) >= 11 is 4.28.